The van der Waals surface area contributed by atoms with Crippen molar-refractivity contribution >= 4 is 58.1 Å². The normalized spacial score (nSPS) is 10.2. The third kappa shape index (κ3) is 4.51. The van der Waals surface area contributed by atoms with Crippen molar-refractivity contribution in [3.05, 3.63) is 57.0 Å². The predicted molar refractivity (Wildman–Crippen MR) is 91.2 cm³/mol. The zero-order chi connectivity index (χ0) is 17.0. The SMILES string of the molecule is Nc1cc(Cl)ccc1C(=O)OCC(=O)Nc1cccc(Cl)c1Cl. The van der Waals surface area contributed by atoms with Crippen LogP contribution in [0, 0.1) is 0 Å². The zero-order valence-corrected chi connectivity index (χ0v) is 13.9. The molecule has 0 atom stereocenters. The summed E-state index contributed by atoms with van der Waals surface area (Å²) in [5.41, 5.74) is 6.29. The van der Waals surface area contributed by atoms with Crippen molar-refractivity contribution in [2.75, 3.05) is 17.7 Å². The number of hydrogen-bond donors (Lipinski definition) is 2. The van der Waals surface area contributed by atoms with Gasteiger partial charge in [-0.25, -0.2) is 4.79 Å². The summed E-state index contributed by atoms with van der Waals surface area (Å²) in [6.07, 6.45) is 0. The molecule has 5 nitrogen and oxygen atoms in total. The molecule has 8 heteroatoms. The predicted octanol–water partition coefficient (Wildman–Crippen LogP) is 4.02. The number of anilines is 2. The van der Waals surface area contributed by atoms with Crippen molar-refractivity contribution in [3.8, 4) is 0 Å². The Labute approximate surface area is 147 Å². The summed E-state index contributed by atoms with van der Waals surface area (Å²) in [6, 6.07) is 9.13. The summed E-state index contributed by atoms with van der Waals surface area (Å²) < 4.78 is 4.90. The molecule has 2 rings (SSSR count). The van der Waals surface area contributed by atoms with E-state index in [4.69, 9.17) is 45.3 Å². The standard InChI is InChI=1S/C15H11Cl3N2O3/c16-8-4-5-9(11(19)6-8)15(22)23-7-13(21)20-12-3-1-2-10(17)14(12)18/h1-6H,7,19H2,(H,20,21). The second-order valence-electron chi connectivity index (χ2n) is 4.46. The molecule has 3 N–H and O–H groups in total. The molecular weight excluding hydrogens is 363 g/mol. The molecule has 0 aliphatic carbocycles. The molecule has 2 aromatic carbocycles. The third-order valence-corrected chi connectivity index (χ3v) is 3.85. The molecule has 0 aliphatic heterocycles. The summed E-state index contributed by atoms with van der Waals surface area (Å²) >= 11 is 17.5. The van der Waals surface area contributed by atoms with E-state index in [1.165, 1.54) is 18.2 Å². The first-order valence-electron chi connectivity index (χ1n) is 6.34. The third-order valence-electron chi connectivity index (χ3n) is 2.79. The molecule has 0 unspecified atom stereocenters. The van der Waals surface area contributed by atoms with Gasteiger partial charge in [0.1, 0.15) is 0 Å². The van der Waals surface area contributed by atoms with Gasteiger partial charge in [0.15, 0.2) is 6.61 Å². The molecule has 0 saturated carbocycles. The molecule has 120 valence electrons. The monoisotopic (exact) mass is 372 g/mol. The van der Waals surface area contributed by atoms with E-state index in [1.807, 2.05) is 0 Å². The van der Waals surface area contributed by atoms with Crippen molar-refractivity contribution in [1.29, 1.82) is 0 Å². The minimum atomic E-state index is -0.730. The van der Waals surface area contributed by atoms with Crippen LogP contribution in [-0.4, -0.2) is 18.5 Å². The van der Waals surface area contributed by atoms with Gasteiger partial charge in [0.25, 0.3) is 5.91 Å². The average Bonchev–Trinajstić information content (AvgIpc) is 2.49. The Balaban J connectivity index is 1.96. The number of benzene rings is 2. The molecule has 0 saturated heterocycles. The van der Waals surface area contributed by atoms with Crippen LogP contribution < -0.4 is 11.1 Å². The number of nitrogens with one attached hydrogen (secondary N) is 1. The lowest BCUT2D eigenvalue weighted by molar-refractivity contribution is -0.119. The van der Waals surface area contributed by atoms with E-state index in [1.54, 1.807) is 18.2 Å². The fourth-order valence-electron chi connectivity index (χ4n) is 1.71. The van der Waals surface area contributed by atoms with Crippen LogP contribution in [0.4, 0.5) is 11.4 Å². The fraction of sp³-hybridized carbons (Fsp3) is 0.0667. The minimum Gasteiger partial charge on any atom is -0.452 e. The number of hydrogen-bond acceptors (Lipinski definition) is 4. The summed E-state index contributed by atoms with van der Waals surface area (Å²) in [6.45, 7) is -0.496. The second kappa shape index (κ2) is 7.55. The molecule has 0 aliphatic rings. The molecule has 0 heterocycles. The Morgan fingerprint density at radius 3 is 2.57 bits per heavy atom. The van der Waals surface area contributed by atoms with Crippen LogP contribution in [0.5, 0.6) is 0 Å². The number of rotatable bonds is 4. The van der Waals surface area contributed by atoms with Crippen molar-refractivity contribution in [3.63, 3.8) is 0 Å². The highest BCUT2D eigenvalue weighted by molar-refractivity contribution is 6.44. The Hall–Kier alpha value is -1.95. The van der Waals surface area contributed by atoms with Crippen LogP contribution in [0.1, 0.15) is 10.4 Å². The van der Waals surface area contributed by atoms with Gasteiger partial charge in [-0.15, -0.1) is 0 Å². The van der Waals surface area contributed by atoms with Crippen molar-refractivity contribution in [2.45, 2.75) is 0 Å². The second-order valence-corrected chi connectivity index (χ2v) is 5.68. The average molecular weight is 374 g/mol. The van der Waals surface area contributed by atoms with Crippen LogP contribution in [0.2, 0.25) is 15.1 Å². The molecule has 23 heavy (non-hydrogen) atoms. The Bertz CT molecular complexity index is 766. The van der Waals surface area contributed by atoms with Gasteiger partial charge in [-0.2, -0.15) is 0 Å². The molecule has 0 radical (unpaired) electrons. The first-order valence-corrected chi connectivity index (χ1v) is 7.48. The first kappa shape index (κ1) is 17.4. The van der Waals surface area contributed by atoms with Crippen LogP contribution in [0.25, 0.3) is 0 Å². The lowest BCUT2D eigenvalue weighted by Gasteiger charge is -2.09. The maximum absolute atomic E-state index is 11.9. The van der Waals surface area contributed by atoms with Crippen LogP contribution in [0.15, 0.2) is 36.4 Å². The molecule has 1 amide bonds. The summed E-state index contributed by atoms with van der Waals surface area (Å²) in [5, 5.41) is 3.40. The number of esters is 1. The van der Waals surface area contributed by atoms with Crippen molar-refractivity contribution < 1.29 is 14.3 Å². The van der Waals surface area contributed by atoms with Gasteiger partial charge in [0.05, 0.1) is 21.3 Å². The Kier molecular flexibility index (Phi) is 5.71. The smallest absolute Gasteiger partial charge is 0.340 e. The van der Waals surface area contributed by atoms with Gasteiger partial charge in [0.2, 0.25) is 0 Å². The number of carbonyl (C=O) groups is 2. The minimum absolute atomic E-state index is 0.128. The van der Waals surface area contributed by atoms with E-state index >= 15 is 0 Å². The number of nitrogen functional groups attached to an aromatic ring is 1. The van der Waals surface area contributed by atoms with Gasteiger partial charge in [-0.3, -0.25) is 4.79 Å². The maximum Gasteiger partial charge on any atom is 0.340 e. The summed E-state index contributed by atoms with van der Waals surface area (Å²) in [4.78, 5) is 23.7. The van der Waals surface area contributed by atoms with E-state index in [0.717, 1.165) is 0 Å². The maximum atomic E-state index is 11.9. The van der Waals surface area contributed by atoms with Crippen LogP contribution in [0.3, 0.4) is 0 Å². The van der Waals surface area contributed by atoms with E-state index in [-0.39, 0.29) is 16.3 Å². The van der Waals surface area contributed by atoms with E-state index < -0.39 is 18.5 Å². The number of ether oxygens (including phenoxy) is 1. The molecular formula is C15H11Cl3N2O3. The number of nitrogens with two attached hydrogens (primary N) is 1. The van der Waals surface area contributed by atoms with Gasteiger partial charge in [0, 0.05) is 10.7 Å². The zero-order valence-electron chi connectivity index (χ0n) is 11.6. The van der Waals surface area contributed by atoms with Crippen molar-refractivity contribution in [1.82, 2.24) is 0 Å². The fourth-order valence-corrected chi connectivity index (χ4v) is 2.24. The molecule has 0 bridgehead atoms. The van der Waals surface area contributed by atoms with Gasteiger partial charge in [-0.1, -0.05) is 40.9 Å². The molecule has 0 spiro atoms. The van der Waals surface area contributed by atoms with Gasteiger partial charge in [-0.05, 0) is 30.3 Å². The van der Waals surface area contributed by atoms with Crippen LogP contribution in [-0.2, 0) is 9.53 Å². The lowest BCUT2D eigenvalue weighted by Crippen LogP contribution is -2.21. The number of amides is 1. The van der Waals surface area contributed by atoms with Gasteiger partial charge < -0.3 is 15.8 Å². The summed E-state index contributed by atoms with van der Waals surface area (Å²) in [7, 11) is 0. The molecule has 0 aromatic heterocycles. The van der Waals surface area contributed by atoms with E-state index in [9.17, 15) is 9.59 Å². The lowest BCUT2D eigenvalue weighted by atomic mass is 10.2. The van der Waals surface area contributed by atoms with Crippen molar-refractivity contribution in [2.24, 2.45) is 0 Å². The first-order chi connectivity index (χ1) is 10.9. The van der Waals surface area contributed by atoms with Gasteiger partial charge >= 0.3 is 5.97 Å². The highest BCUT2D eigenvalue weighted by atomic mass is 35.5. The van der Waals surface area contributed by atoms with E-state index in [0.29, 0.717) is 15.7 Å². The quantitative estimate of drug-likeness (QED) is 0.626. The largest absolute Gasteiger partial charge is 0.452 e. The Morgan fingerprint density at radius 1 is 1.13 bits per heavy atom. The molecule has 0 fully saturated rings. The highest BCUT2D eigenvalue weighted by Gasteiger charge is 2.14. The molecule has 2 aromatic rings. The topological polar surface area (TPSA) is 81.4 Å². The Morgan fingerprint density at radius 2 is 1.87 bits per heavy atom. The number of carbonyl (C=O) groups excluding carboxylic acids is 2. The summed E-state index contributed by atoms with van der Waals surface area (Å²) in [5.74, 6) is -1.29. The van der Waals surface area contributed by atoms with Crippen LogP contribution >= 0.6 is 34.8 Å². The highest BCUT2D eigenvalue weighted by Crippen LogP contribution is 2.29. The van der Waals surface area contributed by atoms with E-state index in [2.05, 4.69) is 5.32 Å². The number of halogens is 3.